The lowest BCUT2D eigenvalue weighted by Crippen LogP contribution is -2.38. The van der Waals surface area contributed by atoms with Gasteiger partial charge in [-0.25, -0.2) is 9.97 Å². The smallest absolute Gasteiger partial charge is 0.136 e. The maximum atomic E-state index is 4.65. The number of aryl methyl sites for hydroxylation is 2. The lowest BCUT2D eigenvalue weighted by molar-refractivity contribution is 0.308. The van der Waals surface area contributed by atoms with Gasteiger partial charge in [-0.15, -0.1) is 0 Å². The Morgan fingerprint density at radius 3 is 2.42 bits per heavy atom. The molecule has 2 aliphatic heterocycles. The molecule has 1 saturated heterocycles. The molecule has 0 spiro atoms. The fourth-order valence-corrected chi connectivity index (χ4v) is 4.33. The van der Waals surface area contributed by atoms with Crippen LogP contribution in [0.2, 0.25) is 0 Å². The maximum Gasteiger partial charge on any atom is 0.136 e. The molecule has 0 N–H and O–H groups in total. The van der Waals surface area contributed by atoms with E-state index < -0.39 is 0 Å². The molecule has 0 aliphatic carbocycles. The van der Waals surface area contributed by atoms with Crippen molar-refractivity contribution in [1.29, 1.82) is 0 Å². The van der Waals surface area contributed by atoms with Gasteiger partial charge in [-0.05, 0) is 45.9 Å². The highest BCUT2D eigenvalue weighted by Gasteiger charge is 2.27. The van der Waals surface area contributed by atoms with Crippen LogP contribution in [0.4, 0.5) is 5.82 Å². The van der Waals surface area contributed by atoms with Gasteiger partial charge in [-0.3, -0.25) is 0 Å². The first-order chi connectivity index (χ1) is 11.6. The van der Waals surface area contributed by atoms with Gasteiger partial charge in [-0.2, -0.15) is 0 Å². The second-order valence-corrected chi connectivity index (χ2v) is 7.31. The van der Waals surface area contributed by atoms with E-state index in [2.05, 4.69) is 57.4 Å². The van der Waals surface area contributed by atoms with E-state index in [4.69, 9.17) is 0 Å². The van der Waals surface area contributed by atoms with Gasteiger partial charge < -0.3 is 14.4 Å². The zero-order chi connectivity index (χ0) is 16.7. The van der Waals surface area contributed by atoms with Crippen molar-refractivity contribution in [3.8, 4) is 0 Å². The lowest BCUT2D eigenvalue weighted by Gasteiger charge is -2.37. The quantitative estimate of drug-likeness (QED) is 0.851. The van der Waals surface area contributed by atoms with Gasteiger partial charge in [0.2, 0.25) is 0 Å². The minimum atomic E-state index is 0.622. The van der Waals surface area contributed by atoms with Crippen molar-refractivity contribution in [2.24, 2.45) is 0 Å². The predicted octanol–water partition coefficient (Wildman–Crippen LogP) is 2.72. The number of likely N-dealkylation sites (N-methyl/N-ethyl adjacent to an activating group) is 1. The first kappa shape index (κ1) is 15.6. The number of piperidine rings is 1. The summed E-state index contributed by atoms with van der Waals surface area (Å²) in [5.74, 6) is 1.17. The van der Waals surface area contributed by atoms with Crippen LogP contribution in [0.5, 0.6) is 0 Å². The van der Waals surface area contributed by atoms with E-state index in [1.807, 2.05) is 0 Å². The maximum absolute atomic E-state index is 4.65. The van der Waals surface area contributed by atoms with Crippen molar-refractivity contribution in [1.82, 2.24) is 19.4 Å². The van der Waals surface area contributed by atoms with Crippen LogP contribution in [-0.2, 0) is 13.0 Å². The van der Waals surface area contributed by atoms with Crippen molar-refractivity contribution in [2.45, 2.75) is 45.7 Å². The number of hydrogen-bond donors (Lipinski definition) is 0. The monoisotopic (exact) mass is 325 g/mol. The minimum absolute atomic E-state index is 0.622. The summed E-state index contributed by atoms with van der Waals surface area (Å²) in [6.45, 7) is 8.66. The number of fused-ring (bicyclic) bond motifs is 1. The summed E-state index contributed by atoms with van der Waals surface area (Å²) >= 11 is 0. The molecule has 0 unspecified atom stereocenters. The summed E-state index contributed by atoms with van der Waals surface area (Å²) in [4.78, 5) is 14.0. The molecule has 2 aromatic heterocycles. The Morgan fingerprint density at radius 2 is 1.71 bits per heavy atom. The third kappa shape index (κ3) is 2.71. The highest BCUT2D eigenvalue weighted by Crippen LogP contribution is 2.31. The Kier molecular flexibility index (Phi) is 4.04. The zero-order valence-corrected chi connectivity index (χ0v) is 15.0. The first-order valence-electron chi connectivity index (χ1n) is 9.04. The van der Waals surface area contributed by atoms with E-state index in [-0.39, 0.29) is 0 Å². The van der Waals surface area contributed by atoms with Crippen LogP contribution in [0.15, 0.2) is 18.5 Å². The number of hydrogen-bond acceptors (Lipinski definition) is 4. The molecule has 5 heteroatoms. The summed E-state index contributed by atoms with van der Waals surface area (Å²) in [5.41, 5.74) is 5.36. The van der Waals surface area contributed by atoms with Gasteiger partial charge in [0.05, 0.1) is 5.69 Å². The average molecular weight is 325 g/mol. The van der Waals surface area contributed by atoms with Crippen LogP contribution in [0.1, 0.15) is 41.5 Å². The summed E-state index contributed by atoms with van der Waals surface area (Å²) in [7, 11) is 2.18. The molecule has 5 nitrogen and oxygen atoms in total. The fraction of sp³-hybridized carbons (Fsp3) is 0.579. The third-order valence-electron chi connectivity index (χ3n) is 5.63. The Bertz CT molecular complexity index is 708. The molecule has 0 bridgehead atoms. The summed E-state index contributed by atoms with van der Waals surface area (Å²) in [5, 5.41) is 0. The molecule has 0 saturated carbocycles. The van der Waals surface area contributed by atoms with Gasteiger partial charge in [0.15, 0.2) is 0 Å². The molecule has 0 amide bonds. The van der Waals surface area contributed by atoms with Gasteiger partial charge in [0.1, 0.15) is 12.1 Å². The first-order valence-corrected chi connectivity index (χ1v) is 9.04. The number of rotatable bonds is 2. The number of nitrogens with zero attached hydrogens (tertiary/aromatic N) is 5. The van der Waals surface area contributed by atoms with Gasteiger partial charge in [-0.1, -0.05) is 0 Å². The summed E-state index contributed by atoms with van der Waals surface area (Å²) in [6, 6.07) is 5.09. The standard InChI is InChI=1S/C19H27N5/c1-14-4-5-15(2)24(14)16-6-10-23(11-7-16)19-17-12-22(3)9-8-18(17)20-13-21-19/h4-5,13,16H,6-12H2,1-3H3. The molecule has 0 aromatic carbocycles. The molecule has 0 radical (unpaired) electrons. The normalized spacial score (nSPS) is 19.5. The van der Waals surface area contributed by atoms with Crippen molar-refractivity contribution >= 4 is 5.82 Å². The van der Waals surface area contributed by atoms with E-state index in [0.717, 1.165) is 32.6 Å². The fourth-order valence-electron chi connectivity index (χ4n) is 4.33. The Labute approximate surface area is 144 Å². The van der Waals surface area contributed by atoms with Crippen LogP contribution in [0.25, 0.3) is 0 Å². The van der Waals surface area contributed by atoms with Gasteiger partial charge >= 0.3 is 0 Å². The Balaban J connectivity index is 1.53. The lowest BCUT2D eigenvalue weighted by atomic mass is 10.0. The predicted molar refractivity (Wildman–Crippen MR) is 96.5 cm³/mol. The van der Waals surface area contributed by atoms with Crippen LogP contribution < -0.4 is 4.90 Å². The molecular weight excluding hydrogens is 298 g/mol. The van der Waals surface area contributed by atoms with Gasteiger partial charge in [0.25, 0.3) is 0 Å². The van der Waals surface area contributed by atoms with Crippen molar-refractivity contribution < 1.29 is 0 Å². The molecular formula is C19H27N5. The second-order valence-electron chi connectivity index (χ2n) is 7.31. The van der Waals surface area contributed by atoms with Crippen LogP contribution in [-0.4, -0.2) is 46.1 Å². The molecule has 2 aliphatic rings. The molecule has 1 fully saturated rings. The molecule has 4 heterocycles. The summed E-state index contributed by atoms with van der Waals surface area (Å²) in [6.07, 6.45) is 5.17. The van der Waals surface area contributed by atoms with E-state index in [9.17, 15) is 0 Å². The average Bonchev–Trinajstić information content (AvgIpc) is 2.93. The second kappa shape index (κ2) is 6.20. The number of anilines is 1. The topological polar surface area (TPSA) is 37.2 Å². The molecule has 4 rings (SSSR count). The van der Waals surface area contributed by atoms with E-state index in [0.29, 0.717) is 6.04 Å². The molecule has 0 atom stereocenters. The molecule has 24 heavy (non-hydrogen) atoms. The van der Waals surface area contributed by atoms with Crippen LogP contribution in [0.3, 0.4) is 0 Å². The highest BCUT2D eigenvalue weighted by molar-refractivity contribution is 5.49. The Morgan fingerprint density at radius 1 is 1.00 bits per heavy atom. The highest BCUT2D eigenvalue weighted by atomic mass is 15.2. The van der Waals surface area contributed by atoms with Crippen LogP contribution in [0, 0.1) is 13.8 Å². The SMILES string of the molecule is Cc1ccc(C)n1C1CCN(c2ncnc3c2CN(C)CC3)CC1. The third-order valence-corrected chi connectivity index (χ3v) is 5.63. The van der Waals surface area contributed by atoms with E-state index >= 15 is 0 Å². The zero-order valence-electron chi connectivity index (χ0n) is 15.0. The van der Waals surface area contributed by atoms with Gasteiger partial charge in [0, 0.05) is 55.6 Å². The van der Waals surface area contributed by atoms with Crippen molar-refractivity contribution in [3.05, 3.63) is 41.1 Å². The van der Waals surface area contributed by atoms with Crippen LogP contribution >= 0.6 is 0 Å². The van der Waals surface area contributed by atoms with E-state index in [1.165, 1.54) is 41.3 Å². The minimum Gasteiger partial charge on any atom is -0.356 e. The largest absolute Gasteiger partial charge is 0.356 e. The summed E-state index contributed by atoms with van der Waals surface area (Å²) < 4.78 is 2.51. The van der Waals surface area contributed by atoms with E-state index in [1.54, 1.807) is 6.33 Å². The van der Waals surface area contributed by atoms with Crippen molar-refractivity contribution in [2.75, 3.05) is 31.6 Å². The molecule has 128 valence electrons. The van der Waals surface area contributed by atoms with Crippen molar-refractivity contribution in [3.63, 3.8) is 0 Å². The Hall–Kier alpha value is -1.88. The molecule has 2 aromatic rings. The number of aromatic nitrogens is 3.